The van der Waals surface area contributed by atoms with Gasteiger partial charge < -0.3 is 14.2 Å². The molecule has 2 fully saturated rings. The zero-order valence-electron chi connectivity index (χ0n) is 13.7. The van der Waals surface area contributed by atoms with Gasteiger partial charge in [-0.3, -0.25) is 4.79 Å². The molecular formula is C16H19N5O3. The summed E-state index contributed by atoms with van der Waals surface area (Å²) in [6.07, 6.45) is 4.77. The number of carbonyl (C=O) groups is 1. The molecule has 0 radical (unpaired) electrons. The number of aryl methyl sites for hydroxylation is 1. The molecule has 2 aromatic rings. The van der Waals surface area contributed by atoms with E-state index in [9.17, 15) is 4.79 Å². The molecule has 1 aliphatic heterocycles. The highest BCUT2D eigenvalue weighted by Gasteiger charge is 2.36. The van der Waals surface area contributed by atoms with E-state index in [1.165, 1.54) is 6.33 Å². The number of rotatable bonds is 3. The Labute approximate surface area is 139 Å². The van der Waals surface area contributed by atoms with E-state index in [4.69, 9.17) is 9.26 Å². The van der Waals surface area contributed by atoms with E-state index >= 15 is 0 Å². The summed E-state index contributed by atoms with van der Waals surface area (Å²) in [5.41, 5.74) is 1.45. The quantitative estimate of drug-likeness (QED) is 0.845. The van der Waals surface area contributed by atoms with Gasteiger partial charge in [-0.25, -0.2) is 9.97 Å². The molecule has 2 atom stereocenters. The van der Waals surface area contributed by atoms with Crippen LogP contribution in [0, 0.1) is 6.92 Å². The summed E-state index contributed by atoms with van der Waals surface area (Å²) < 4.78 is 11.1. The number of carbonyl (C=O) groups excluding carboxylic acids is 1. The molecule has 1 amide bonds. The topological polar surface area (TPSA) is 94.2 Å². The van der Waals surface area contributed by atoms with Crippen LogP contribution >= 0.6 is 0 Å². The number of amides is 1. The van der Waals surface area contributed by atoms with Gasteiger partial charge in [-0.1, -0.05) is 5.16 Å². The van der Waals surface area contributed by atoms with Crippen LogP contribution in [-0.4, -0.2) is 50.1 Å². The Hall–Kier alpha value is -2.35. The van der Waals surface area contributed by atoms with Crippen molar-refractivity contribution in [2.45, 2.75) is 44.8 Å². The Morgan fingerprint density at radius 3 is 2.88 bits per heavy atom. The lowest BCUT2D eigenvalue weighted by Crippen LogP contribution is -2.46. The number of ether oxygens (including phenoxy) is 1. The summed E-state index contributed by atoms with van der Waals surface area (Å²) in [6, 6.07) is 0. The van der Waals surface area contributed by atoms with Crippen molar-refractivity contribution in [3.63, 3.8) is 0 Å². The third-order valence-electron chi connectivity index (χ3n) is 4.30. The minimum Gasteiger partial charge on any atom is -0.362 e. The molecule has 4 rings (SSSR count). The highest BCUT2D eigenvalue weighted by Crippen LogP contribution is 2.40. The number of hydrogen-bond acceptors (Lipinski definition) is 7. The SMILES string of the molecule is Cc1noc([C@@H]2CN(C(=O)c3cncnc3C3CC3)C[C@@H](C)O2)n1. The van der Waals surface area contributed by atoms with Gasteiger partial charge in [-0.2, -0.15) is 4.98 Å². The molecule has 1 saturated carbocycles. The second-order valence-electron chi connectivity index (χ2n) is 6.42. The molecule has 0 spiro atoms. The molecule has 2 aliphatic rings. The molecule has 8 heteroatoms. The first-order valence-corrected chi connectivity index (χ1v) is 8.16. The van der Waals surface area contributed by atoms with E-state index in [1.54, 1.807) is 18.0 Å². The molecule has 24 heavy (non-hydrogen) atoms. The second-order valence-corrected chi connectivity index (χ2v) is 6.42. The fourth-order valence-electron chi connectivity index (χ4n) is 3.05. The van der Waals surface area contributed by atoms with Crippen molar-refractivity contribution in [3.05, 3.63) is 35.5 Å². The summed E-state index contributed by atoms with van der Waals surface area (Å²) in [6.45, 7) is 4.58. The van der Waals surface area contributed by atoms with Crippen LogP contribution in [0.3, 0.4) is 0 Å². The van der Waals surface area contributed by atoms with Gasteiger partial charge in [0.25, 0.3) is 11.8 Å². The van der Waals surface area contributed by atoms with Gasteiger partial charge in [-0.15, -0.1) is 0 Å². The lowest BCUT2D eigenvalue weighted by atomic mass is 10.1. The van der Waals surface area contributed by atoms with Crippen LogP contribution in [0.1, 0.15) is 59.6 Å². The molecule has 0 unspecified atom stereocenters. The Morgan fingerprint density at radius 2 is 2.17 bits per heavy atom. The van der Waals surface area contributed by atoms with Crippen molar-refractivity contribution in [2.24, 2.45) is 0 Å². The lowest BCUT2D eigenvalue weighted by molar-refractivity contribution is -0.0810. The van der Waals surface area contributed by atoms with Crippen LogP contribution in [0.2, 0.25) is 0 Å². The predicted octanol–water partition coefficient (Wildman–Crippen LogP) is 1.65. The fraction of sp³-hybridized carbons (Fsp3) is 0.562. The van der Waals surface area contributed by atoms with Gasteiger partial charge >= 0.3 is 0 Å². The standard InChI is InChI=1S/C16H19N5O3/c1-9-6-21(7-13(23-9)15-19-10(2)20-24-15)16(22)12-5-17-8-18-14(12)11-3-4-11/h5,8-9,11,13H,3-4,6-7H2,1-2H3/t9-,13+/m1/s1. The molecule has 126 valence electrons. The van der Waals surface area contributed by atoms with E-state index in [0.717, 1.165) is 18.5 Å². The van der Waals surface area contributed by atoms with Crippen LogP contribution in [-0.2, 0) is 4.74 Å². The van der Waals surface area contributed by atoms with Crippen molar-refractivity contribution in [3.8, 4) is 0 Å². The minimum absolute atomic E-state index is 0.0612. The number of morpholine rings is 1. The number of aromatic nitrogens is 4. The van der Waals surface area contributed by atoms with Gasteiger partial charge in [0.05, 0.1) is 23.9 Å². The highest BCUT2D eigenvalue weighted by atomic mass is 16.5. The smallest absolute Gasteiger partial charge is 0.257 e. The third-order valence-corrected chi connectivity index (χ3v) is 4.30. The lowest BCUT2D eigenvalue weighted by Gasteiger charge is -2.35. The summed E-state index contributed by atoms with van der Waals surface area (Å²) in [5, 5.41) is 3.80. The first kappa shape index (κ1) is 15.2. The molecule has 1 saturated heterocycles. The maximum atomic E-state index is 13.0. The average Bonchev–Trinajstić information content (AvgIpc) is 3.34. The summed E-state index contributed by atoms with van der Waals surface area (Å²) in [7, 11) is 0. The molecule has 0 bridgehead atoms. The largest absolute Gasteiger partial charge is 0.362 e. The minimum atomic E-state index is -0.409. The Kier molecular flexibility index (Phi) is 3.76. The Morgan fingerprint density at radius 1 is 1.33 bits per heavy atom. The molecular weight excluding hydrogens is 310 g/mol. The predicted molar refractivity (Wildman–Crippen MR) is 82.2 cm³/mol. The van der Waals surface area contributed by atoms with Gasteiger partial charge in [0.2, 0.25) is 0 Å². The van der Waals surface area contributed by atoms with Crippen LogP contribution < -0.4 is 0 Å². The molecule has 1 aliphatic carbocycles. The highest BCUT2D eigenvalue weighted by molar-refractivity contribution is 5.95. The zero-order valence-corrected chi connectivity index (χ0v) is 13.7. The molecule has 3 heterocycles. The summed E-state index contributed by atoms with van der Waals surface area (Å²) in [4.78, 5) is 27.4. The van der Waals surface area contributed by atoms with Crippen molar-refractivity contribution >= 4 is 5.91 Å². The molecule has 8 nitrogen and oxygen atoms in total. The van der Waals surface area contributed by atoms with Crippen LogP contribution in [0.5, 0.6) is 0 Å². The molecule has 2 aromatic heterocycles. The van der Waals surface area contributed by atoms with E-state index in [2.05, 4.69) is 20.1 Å². The van der Waals surface area contributed by atoms with E-state index < -0.39 is 6.10 Å². The summed E-state index contributed by atoms with van der Waals surface area (Å²) in [5.74, 6) is 1.29. The second kappa shape index (κ2) is 5.94. The van der Waals surface area contributed by atoms with E-state index in [-0.39, 0.29) is 12.0 Å². The normalized spacial score (nSPS) is 24.2. The van der Waals surface area contributed by atoms with Crippen LogP contribution in [0.15, 0.2) is 17.0 Å². The zero-order chi connectivity index (χ0) is 16.7. The maximum absolute atomic E-state index is 13.0. The van der Waals surface area contributed by atoms with E-state index in [0.29, 0.717) is 36.3 Å². The fourth-order valence-corrected chi connectivity index (χ4v) is 3.05. The maximum Gasteiger partial charge on any atom is 0.257 e. The van der Waals surface area contributed by atoms with Crippen molar-refractivity contribution in [1.29, 1.82) is 0 Å². The van der Waals surface area contributed by atoms with Gasteiger partial charge in [0.15, 0.2) is 11.9 Å². The first-order chi connectivity index (χ1) is 11.6. The first-order valence-electron chi connectivity index (χ1n) is 8.16. The average molecular weight is 329 g/mol. The van der Waals surface area contributed by atoms with Crippen molar-refractivity contribution in [2.75, 3.05) is 13.1 Å². The van der Waals surface area contributed by atoms with Crippen LogP contribution in [0.25, 0.3) is 0 Å². The number of nitrogens with zero attached hydrogens (tertiary/aromatic N) is 5. The molecule has 0 aromatic carbocycles. The van der Waals surface area contributed by atoms with E-state index in [1.807, 2.05) is 6.92 Å². The summed E-state index contributed by atoms with van der Waals surface area (Å²) >= 11 is 0. The Bertz CT molecular complexity index is 758. The third kappa shape index (κ3) is 2.89. The van der Waals surface area contributed by atoms with Gasteiger partial charge in [-0.05, 0) is 26.7 Å². The number of hydrogen-bond donors (Lipinski definition) is 0. The monoisotopic (exact) mass is 329 g/mol. The van der Waals surface area contributed by atoms with Crippen LogP contribution in [0.4, 0.5) is 0 Å². The van der Waals surface area contributed by atoms with Crippen molar-refractivity contribution < 1.29 is 14.1 Å². The van der Waals surface area contributed by atoms with Gasteiger partial charge in [0, 0.05) is 18.7 Å². The Balaban J connectivity index is 1.57. The molecule has 0 N–H and O–H groups in total. The van der Waals surface area contributed by atoms with Crippen molar-refractivity contribution in [1.82, 2.24) is 25.0 Å². The van der Waals surface area contributed by atoms with Gasteiger partial charge in [0.1, 0.15) is 6.33 Å².